The van der Waals surface area contributed by atoms with Crippen LogP contribution in [0.4, 0.5) is 0 Å². The molecule has 3 N–H and O–H groups in total. The number of nitrogens with two attached hydrogens (primary N) is 1. The fraction of sp³-hybridized carbons (Fsp3) is 0.467. The van der Waals surface area contributed by atoms with Gasteiger partial charge in [0.25, 0.3) is 5.91 Å². The van der Waals surface area contributed by atoms with Gasteiger partial charge >= 0.3 is 0 Å². The van der Waals surface area contributed by atoms with Crippen LogP contribution < -0.4 is 15.8 Å². The normalized spacial score (nSPS) is 15.3. The van der Waals surface area contributed by atoms with E-state index in [0.29, 0.717) is 23.4 Å². The molecular weight excluding hydrogens is 286 g/mol. The van der Waals surface area contributed by atoms with Gasteiger partial charge < -0.3 is 20.5 Å². The number of ether oxygens (including phenoxy) is 2. The predicted octanol–water partition coefficient (Wildman–Crippen LogP) is -0.144. The highest BCUT2D eigenvalue weighted by Gasteiger charge is 2.15. The minimum atomic E-state index is -0.558. The van der Waals surface area contributed by atoms with Crippen molar-refractivity contribution in [3.63, 3.8) is 0 Å². The van der Waals surface area contributed by atoms with Gasteiger partial charge in [-0.1, -0.05) is 0 Å². The van der Waals surface area contributed by atoms with Crippen LogP contribution in [-0.4, -0.2) is 63.2 Å². The van der Waals surface area contributed by atoms with Gasteiger partial charge in [0.05, 0.1) is 25.9 Å². The zero-order valence-corrected chi connectivity index (χ0v) is 12.6. The summed E-state index contributed by atoms with van der Waals surface area (Å²) in [5, 5.41) is 2.85. The van der Waals surface area contributed by atoms with E-state index in [-0.39, 0.29) is 5.91 Å². The van der Waals surface area contributed by atoms with Gasteiger partial charge in [0.15, 0.2) is 0 Å². The summed E-state index contributed by atoms with van der Waals surface area (Å²) in [7, 11) is 1.45. The molecule has 0 bridgehead atoms. The van der Waals surface area contributed by atoms with Crippen molar-refractivity contribution in [1.82, 2.24) is 10.2 Å². The maximum Gasteiger partial charge on any atom is 0.255 e. The van der Waals surface area contributed by atoms with Crippen LogP contribution >= 0.6 is 0 Å². The van der Waals surface area contributed by atoms with Gasteiger partial charge in [-0.15, -0.1) is 0 Å². The highest BCUT2D eigenvalue weighted by molar-refractivity contribution is 5.99. The van der Waals surface area contributed by atoms with Crippen LogP contribution in [0.2, 0.25) is 0 Å². The van der Waals surface area contributed by atoms with E-state index in [9.17, 15) is 9.59 Å². The summed E-state index contributed by atoms with van der Waals surface area (Å²) in [5.74, 6) is -0.459. The van der Waals surface area contributed by atoms with E-state index in [0.717, 1.165) is 32.8 Å². The zero-order chi connectivity index (χ0) is 15.9. The lowest BCUT2D eigenvalue weighted by molar-refractivity contribution is 0.0383. The molecule has 1 aliphatic heterocycles. The number of hydrogen-bond acceptors (Lipinski definition) is 5. The molecule has 1 heterocycles. The Morgan fingerprint density at radius 1 is 1.36 bits per heavy atom. The second kappa shape index (κ2) is 7.77. The number of primary amides is 1. The number of benzene rings is 1. The number of morpholine rings is 1. The predicted molar refractivity (Wildman–Crippen MR) is 81.1 cm³/mol. The quantitative estimate of drug-likeness (QED) is 0.763. The topological polar surface area (TPSA) is 93.9 Å². The van der Waals surface area contributed by atoms with Crippen molar-refractivity contribution >= 4 is 11.8 Å². The Kier molecular flexibility index (Phi) is 5.74. The average Bonchev–Trinajstić information content (AvgIpc) is 2.55. The molecule has 1 aliphatic rings. The second-order valence-electron chi connectivity index (χ2n) is 4.99. The Balaban J connectivity index is 1.92. The fourth-order valence-corrected chi connectivity index (χ4v) is 2.28. The number of hydrogen-bond donors (Lipinski definition) is 2. The van der Waals surface area contributed by atoms with Crippen molar-refractivity contribution in [2.45, 2.75) is 0 Å². The summed E-state index contributed by atoms with van der Waals surface area (Å²) < 4.78 is 10.4. The van der Waals surface area contributed by atoms with E-state index >= 15 is 0 Å². The highest BCUT2D eigenvalue weighted by atomic mass is 16.5. The van der Waals surface area contributed by atoms with Crippen molar-refractivity contribution in [3.05, 3.63) is 29.3 Å². The third kappa shape index (κ3) is 4.19. The van der Waals surface area contributed by atoms with Gasteiger partial charge in [-0.3, -0.25) is 14.5 Å². The van der Waals surface area contributed by atoms with E-state index in [1.54, 1.807) is 6.07 Å². The number of carbonyl (C=O) groups is 2. The maximum atomic E-state index is 12.2. The molecule has 0 aliphatic carbocycles. The highest BCUT2D eigenvalue weighted by Crippen LogP contribution is 2.20. The molecule has 1 aromatic rings. The third-order valence-corrected chi connectivity index (χ3v) is 3.55. The number of nitrogens with one attached hydrogen (secondary N) is 1. The molecule has 7 heteroatoms. The van der Waals surface area contributed by atoms with Crippen LogP contribution in [0.5, 0.6) is 5.75 Å². The van der Waals surface area contributed by atoms with E-state index in [4.69, 9.17) is 15.2 Å². The molecule has 22 heavy (non-hydrogen) atoms. The van der Waals surface area contributed by atoms with Gasteiger partial charge in [-0.2, -0.15) is 0 Å². The number of nitrogens with zero attached hydrogens (tertiary/aromatic N) is 1. The number of methoxy groups -OCH3 is 1. The molecule has 0 aromatic heterocycles. The molecule has 0 saturated carbocycles. The minimum absolute atomic E-state index is 0.235. The monoisotopic (exact) mass is 307 g/mol. The number of amides is 2. The van der Waals surface area contributed by atoms with E-state index in [1.807, 2.05) is 0 Å². The first-order valence-corrected chi connectivity index (χ1v) is 7.18. The van der Waals surface area contributed by atoms with Crippen LogP contribution in [0.25, 0.3) is 0 Å². The smallest absolute Gasteiger partial charge is 0.255 e. The first-order valence-electron chi connectivity index (χ1n) is 7.18. The molecule has 0 atom stereocenters. The number of carbonyl (C=O) groups excluding carboxylic acids is 2. The molecule has 2 amide bonds. The summed E-state index contributed by atoms with van der Waals surface area (Å²) in [6.07, 6.45) is 0. The largest absolute Gasteiger partial charge is 0.496 e. The zero-order valence-electron chi connectivity index (χ0n) is 12.6. The van der Waals surface area contributed by atoms with Crippen molar-refractivity contribution in [2.75, 3.05) is 46.5 Å². The Morgan fingerprint density at radius 2 is 2.09 bits per heavy atom. The molecule has 2 rings (SSSR count). The molecule has 0 radical (unpaired) electrons. The first-order chi connectivity index (χ1) is 10.6. The fourth-order valence-electron chi connectivity index (χ4n) is 2.28. The Morgan fingerprint density at radius 3 is 2.73 bits per heavy atom. The van der Waals surface area contributed by atoms with E-state index < -0.39 is 5.91 Å². The standard InChI is InChI=1S/C15H21N3O4/c1-21-13-10-11(14(16)19)2-3-12(13)15(20)17-4-5-18-6-8-22-9-7-18/h2-3,10H,4-9H2,1H3,(H2,16,19)(H,17,20). The average molecular weight is 307 g/mol. The van der Waals surface area contributed by atoms with Gasteiger partial charge in [-0.25, -0.2) is 0 Å². The maximum absolute atomic E-state index is 12.2. The molecule has 1 saturated heterocycles. The minimum Gasteiger partial charge on any atom is -0.496 e. The molecule has 7 nitrogen and oxygen atoms in total. The van der Waals surface area contributed by atoms with Gasteiger partial charge in [-0.05, 0) is 18.2 Å². The second-order valence-corrected chi connectivity index (χ2v) is 4.99. The van der Waals surface area contributed by atoms with Crippen LogP contribution in [0, 0.1) is 0 Å². The molecule has 0 spiro atoms. The molecule has 1 aromatic carbocycles. The van der Waals surface area contributed by atoms with Gasteiger partial charge in [0.2, 0.25) is 5.91 Å². The summed E-state index contributed by atoms with van der Waals surface area (Å²) >= 11 is 0. The van der Waals surface area contributed by atoms with Crippen LogP contribution in [0.15, 0.2) is 18.2 Å². The summed E-state index contributed by atoms with van der Waals surface area (Å²) in [6.45, 7) is 4.54. The van der Waals surface area contributed by atoms with Crippen molar-refractivity contribution in [2.24, 2.45) is 5.73 Å². The summed E-state index contributed by atoms with van der Waals surface area (Å²) in [6, 6.07) is 4.53. The molecule has 120 valence electrons. The molecule has 0 unspecified atom stereocenters. The van der Waals surface area contributed by atoms with E-state index in [1.165, 1.54) is 19.2 Å². The van der Waals surface area contributed by atoms with Crippen molar-refractivity contribution in [3.8, 4) is 5.75 Å². The summed E-state index contributed by atoms with van der Waals surface area (Å²) in [4.78, 5) is 25.6. The lowest BCUT2D eigenvalue weighted by atomic mass is 10.1. The Hall–Kier alpha value is -2.12. The Bertz CT molecular complexity index is 542. The first kappa shape index (κ1) is 16.3. The Labute approximate surface area is 129 Å². The van der Waals surface area contributed by atoms with Crippen LogP contribution in [0.1, 0.15) is 20.7 Å². The summed E-state index contributed by atoms with van der Waals surface area (Å²) in [5.41, 5.74) is 5.91. The lowest BCUT2D eigenvalue weighted by Gasteiger charge is -2.26. The SMILES string of the molecule is COc1cc(C(N)=O)ccc1C(=O)NCCN1CCOCC1. The van der Waals surface area contributed by atoms with Gasteiger partial charge in [0.1, 0.15) is 5.75 Å². The van der Waals surface area contributed by atoms with Crippen molar-refractivity contribution < 1.29 is 19.1 Å². The van der Waals surface area contributed by atoms with E-state index in [2.05, 4.69) is 10.2 Å². The molecular formula is C15H21N3O4. The van der Waals surface area contributed by atoms with Crippen molar-refractivity contribution in [1.29, 1.82) is 0 Å². The van der Waals surface area contributed by atoms with Crippen LogP contribution in [0.3, 0.4) is 0 Å². The lowest BCUT2D eigenvalue weighted by Crippen LogP contribution is -2.41. The van der Waals surface area contributed by atoms with Crippen LogP contribution in [-0.2, 0) is 4.74 Å². The number of rotatable bonds is 6. The van der Waals surface area contributed by atoms with Gasteiger partial charge in [0, 0.05) is 31.7 Å². The third-order valence-electron chi connectivity index (χ3n) is 3.55. The molecule has 1 fully saturated rings.